The lowest BCUT2D eigenvalue weighted by atomic mass is 10.1. The molecule has 0 aliphatic heterocycles. The molecule has 0 saturated carbocycles. The van der Waals surface area contributed by atoms with E-state index >= 15 is 0 Å². The number of anilines is 1. The molecule has 0 aliphatic rings. The number of hydrogen-bond donors (Lipinski definition) is 0. The Labute approximate surface area is 105 Å². The van der Waals surface area contributed by atoms with E-state index in [0.29, 0.717) is 5.92 Å². The van der Waals surface area contributed by atoms with Gasteiger partial charge in [-0.3, -0.25) is 0 Å². The predicted octanol–water partition coefficient (Wildman–Crippen LogP) is 2.59. The van der Waals surface area contributed by atoms with Crippen molar-refractivity contribution < 1.29 is 0 Å². The normalized spacial score (nSPS) is 11.2. The highest BCUT2D eigenvalue weighted by molar-refractivity contribution is 5.39. The zero-order valence-electron chi connectivity index (χ0n) is 11.8. The number of nitrogens with zero attached hydrogens (tertiary/aromatic N) is 3. The molecule has 0 saturated heterocycles. The average Bonchev–Trinajstić information content (AvgIpc) is 2.30. The fourth-order valence-electron chi connectivity index (χ4n) is 1.68. The summed E-state index contributed by atoms with van der Waals surface area (Å²) in [6.07, 6.45) is 2.00. The van der Waals surface area contributed by atoms with Gasteiger partial charge in [-0.25, -0.2) is 4.98 Å². The van der Waals surface area contributed by atoms with Crippen molar-refractivity contribution in [2.45, 2.75) is 26.7 Å². The smallest absolute Gasteiger partial charge is 0.128 e. The topological polar surface area (TPSA) is 19.4 Å². The van der Waals surface area contributed by atoms with Crippen LogP contribution in [0.3, 0.4) is 0 Å². The Bertz CT molecular complexity index is 317. The van der Waals surface area contributed by atoms with Gasteiger partial charge in [-0.15, -0.1) is 0 Å². The maximum absolute atomic E-state index is 4.56. The molecule has 0 aliphatic carbocycles. The lowest BCUT2D eigenvalue weighted by Gasteiger charge is -2.24. The number of pyridine rings is 1. The minimum atomic E-state index is 0.549. The average molecular weight is 235 g/mol. The van der Waals surface area contributed by atoms with Crippen LogP contribution in [0.15, 0.2) is 18.3 Å². The Hall–Kier alpha value is -1.09. The number of likely N-dealkylation sites (N-methyl/N-ethyl adjacent to an activating group) is 2. The first-order chi connectivity index (χ1) is 8.04. The third-order valence-corrected chi connectivity index (χ3v) is 2.96. The molecule has 0 atom stereocenters. The van der Waals surface area contributed by atoms with Gasteiger partial charge in [0.05, 0.1) is 0 Å². The second-order valence-electron chi connectivity index (χ2n) is 4.99. The fourth-order valence-corrected chi connectivity index (χ4v) is 1.68. The third-order valence-electron chi connectivity index (χ3n) is 2.96. The molecular weight excluding hydrogens is 210 g/mol. The summed E-state index contributed by atoms with van der Waals surface area (Å²) in [5, 5.41) is 0. The predicted molar refractivity (Wildman–Crippen MR) is 74.8 cm³/mol. The first kappa shape index (κ1) is 14.0. The van der Waals surface area contributed by atoms with E-state index in [1.165, 1.54) is 5.56 Å². The van der Waals surface area contributed by atoms with Gasteiger partial charge in [-0.1, -0.05) is 19.9 Å². The van der Waals surface area contributed by atoms with Gasteiger partial charge >= 0.3 is 0 Å². The summed E-state index contributed by atoms with van der Waals surface area (Å²) in [4.78, 5) is 9.07. The zero-order valence-corrected chi connectivity index (χ0v) is 11.8. The summed E-state index contributed by atoms with van der Waals surface area (Å²) in [5.41, 5.74) is 1.30. The van der Waals surface area contributed by atoms with Crippen LogP contribution in [0.25, 0.3) is 0 Å². The van der Waals surface area contributed by atoms with Crippen molar-refractivity contribution in [3.63, 3.8) is 0 Å². The van der Waals surface area contributed by atoms with Crippen molar-refractivity contribution in [1.29, 1.82) is 0 Å². The van der Waals surface area contributed by atoms with Crippen molar-refractivity contribution in [2.24, 2.45) is 0 Å². The van der Waals surface area contributed by atoms with Crippen molar-refractivity contribution in [2.75, 3.05) is 38.6 Å². The molecule has 0 bridgehead atoms. The van der Waals surface area contributed by atoms with E-state index in [4.69, 9.17) is 0 Å². The van der Waals surface area contributed by atoms with Gasteiger partial charge in [-0.2, -0.15) is 0 Å². The molecule has 1 aromatic heterocycles. The molecule has 0 aromatic carbocycles. The lowest BCUT2D eigenvalue weighted by molar-refractivity contribution is 0.413. The monoisotopic (exact) mass is 235 g/mol. The van der Waals surface area contributed by atoms with E-state index in [2.05, 4.69) is 61.8 Å². The molecule has 0 unspecified atom stereocenters. The van der Waals surface area contributed by atoms with Gasteiger partial charge in [-0.05, 0) is 38.6 Å². The maximum atomic E-state index is 4.56. The molecule has 0 radical (unpaired) electrons. The van der Waals surface area contributed by atoms with Crippen molar-refractivity contribution >= 4 is 5.82 Å². The fraction of sp³-hybridized carbons (Fsp3) is 0.643. The first-order valence-electron chi connectivity index (χ1n) is 6.40. The number of hydrogen-bond acceptors (Lipinski definition) is 3. The highest BCUT2D eigenvalue weighted by Crippen LogP contribution is 2.16. The zero-order chi connectivity index (χ0) is 12.8. The Morgan fingerprint density at radius 3 is 2.29 bits per heavy atom. The molecule has 3 nitrogen and oxygen atoms in total. The molecular formula is C14H25N3. The molecule has 3 heteroatoms. The highest BCUT2D eigenvalue weighted by Gasteiger charge is 2.06. The second-order valence-corrected chi connectivity index (χ2v) is 4.99. The van der Waals surface area contributed by atoms with Gasteiger partial charge in [0.25, 0.3) is 0 Å². The van der Waals surface area contributed by atoms with Gasteiger partial charge in [0, 0.05) is 25.8 Å². The van der Waals surface area contributed by atoms with Crippen LogP contribution in [-0.2, 0) is 0 Å². The van der Waals surface area contributed by atoms with Crippen LogP contribution in [-0.4, -0.2) is 43.6 Å². The molecule has 1 rings (SSSR count). The van der Waals surface area contributed by atoms with Crippen LogP contribution in [0.5, 0.6) is 0 Å². The Kier molecular flexibility index (Phi) is 5.42. The molecule has 96 valence electrons. The summed E-state index contributed by atoms with van der Waals surface area (Å²) in [5.74, 6) is 1.63. The van der Waals surface area contributed by atoms with E-state index in [1.807, 2.05) is 6.20 Å². The van der Waals surface area contributed by atoms with Gasteiger partial charge in [0.2, 0.25) is 0 Å². The highest BCUT2D eigenvalue weighted by atomic mass is 15.2. The Morgan fingerprint density at radius 1 is 1.18 bits per heavy atom. The largest absolute Gasteiger partial charge is 0.356 e. The molecule has 17 heavy (non-hydrogen) atoms. The van der Waals surface area contributed by atoms with Gasteiger partial charge in [0.15, 0.2) is 0 Å². The van der Waals surface area contributed by atoms with E-state index in [0.717, 1.165) is 25.5 Å². The summed E-state index contributed by atoms with van der Waals surface area (Å²) < 4.78 is 0. The quantitative estimate of drug-likeness (QED) is 0.755. The summed E-state index contributed by atoms with van der Waals surface area (Å²) >= 11 is 0. The minimum Gasteiger partial charge on any atom is -0.356 e. The summed E-state index contributed by atoms with van der Waals surface area (Å²) in [6, 6.07) is 4.32. The summed E-state index contributed by atoms with van der Waals surface area (Å²) in [6.45, 7) is 9.65. The van der Waals surface area contributed by atoms with Crippen molar-refractivity contribution in [3.05, 3.63) is 23.9 Å². The second kappa shape index (κ2) is 6.60. The SMILES string of the molecule is CCN(CCN(C)C)c1ccc(C(C)C)cn1. The van der Waals surface area contributed by atoms with Crippen LogP contribution in [0, 0.1) is 0 Å². The third kappa shape index (κ3) is 4.35. The Morgan fingerprint density at radius 2 is 1.88 bits per heavy atom. The van der Waals surface area contributed by atoms with E-state index in [-0.39, 0.29) is 0 Å². The maximum Gasteiger partial charge on any atom is 0.128 e. The molecule has 1 heterocycles. The summed E-state index contributed by atoms with van der Waals surface area (Å²) in [7, 11) is 4.20. The molecule has 0 spiro atoms. The number of aromatic nitrogens is 1. The molecule has 0 fully saturated rings. The first-order valence-corrected chi connectivity index (χ1v) is 6.40. The van der Waals surface area contributed by atoms with E-state index < -0.39 is 0 Å². The van der Waals surface area contributed by atoms with Gasteiger partial charge in [0.1, 0.15) is 5.82 Å². The standard InChI is InChI=1S/C14H25N3/c1-6-17(10-9-16(4)5)14-8-7-13(11-15-14)12(2)3/h7-8,11-12H,6,9-10H2,1-5H3. The van der Waals surface area contributed by atoms with Crippen LogP contribution < -0.4 is 4.90 Å². The molecule has 1 aromatic rings. The minimum absolute atomic E-state index is 0.549. The van der Waals surface area contributed by atoms with Crippen LogP contribution >= 0.6 is 0 Å². The Balaban J connectivity index is 2.68. The van der Waals surface area contributed by atoms with Crippen LogP contribution in [0.1, 0.15) is 32.3 Å². The number of rotatable bonds is 6. The van der Waals surface area contributed by atoms with E-state index in [1.54, 1.807) is 0 Å². The van der Waals surface area contributed by atoms with Gasteiger partial charge < -0.3 is 9.80 Å². The van der Waals surface area contributed by atoms with Crippen LogP contribution in [0.2, 0.25) is 0 Å². The van der Waals surface area contributed by atoms with Crippen molar-refractivity contribution in [1.82, 2.24) is 9.88 Å². The van der Waals surface area contributed by atoms with Crippen molar-refractivity contribution in [3.8, 4) is 0 Å². The van der Waals surface area contributed by atoms with Crippen LogP contribution in [0.4, 0.5) is 5.82 Å². The molecule has 0 amide bonds. The molecule has 0 N–H and O–H groups in total. The lowest BCUT2D eigenvalue weighted by Crippen LogP contribution is -2.32. The van der Waals surface area contributed by atoms with E-state index in [9.17, 15) is 0 Å².